The van der Waals surface area contributed by atoms with E-state index < -0.39 is 5.41 Å². The summed E-state index contributed by atoms with van der Waals surface area (Å²) in [5.41, 5.74) is 0.912. The highest BCUT2D eigenvalue weighted by Gasteiger charge is 2.30. The van der Waals surface area contributed by atoms with Crippen molar-refractivity contribution in [2.24, 2.45) is 0 Å². The number of nitrogens with zero attached hydrogens (tertiary/aromatic N) is 2. The largest absolute Gasteiger partial charge is 0.497 e. The van der Waals surface area contributed by atoms with Crippen LogP contribution in [-0.2, 0) is 5.41 Å². The van der Waals surface area contributed by atoms with Crippen molar-refractivity contribution in [2.75, 3.05) is 7.11 Å². The maximum Gasteiger partial charge on any atom is 0.121 e. The first kappa shape index (κ1) is 12.1. The minimum atomic E-state index is -0.743. The smallest absolute Gasteiger partial charge is 0.121 e. The molecule has 0 fully saturated rings. The molecule has 1 unspecified atom stereocenters. The summed E-state index contributed by atoms with van der Waals surface area (Å²) in [5, 5.41) is 9.50. The normalized spacial score (nSPS) is 13.4. The fourth-order valence-electron chi connectivity index (χ4n) is 1.85. The van der Waals surface area contributed by atoms with E-state index >= 15 is 0 Å². The van der Waals surface area contributed by atoms with E-state index in [0.717, 1.165) is 17.0 Å². The van der Waals surface area contributed by atoms with Crippen LogP contribution in [0.1, 0.15) is 18.2 Å². The Morgan fingerprint density at radius 2 is 1.89 bits per heavy atom. The van der Waals surface area contributed by atoms with Crippen LogP contribution in [0, 0.1) is 11.3 Å². The fourth-order valence-corrected chi connectivity index (χ4v) is 1.85. The predicted molar refractivity (Wildman–Crippen MR) is 69.3 cm³/mol. The van der Waals surface area contributed by atoms with E-state index in [-0.39, 0.29) is 0 Å². The topological polar surface area (TPSA) is 45.9 Å². The molecule has 0 radical (unpaired) electrons. The van der Waals surface area contributed by atoms with Crippen LogP contribution in [0.3, 0.4) is 0 Å². The van der Waals surface area contributed by atoms with Gasteiger partial charge in [-0.25, -0.2) is 0 Å². The van der Waals surface area contributed by atoms with E-state index in [1.165, 1.54) is 0 Å². The molecule has 0 N–H and O–H groups in total. The first-order valence-corrected chi connectivity index (χ1v) is 5.68. The van der Waals surface area contributed by atoms with Crippen LogP contribution in [-0.4, -0.2) is 12.1 Å². The molecule has 18 heavy (non-hydrogen) atoms. The average Bonchev–Trinajstić information content (AvgIpc) is 2.47. The second-order valence-electron chi connectivity index (χ2n) is 4.18. The molecular weight excluding hydrogens is 224 g/mol. The van der Waals surface area contributed by atoms with E-state index in [1.54, 1.807) is 13.3 Å². The van der Waals surface area contributed by atoms with Crippen LogP contribution < -0.4 is 4.74 Å². The SMILES string of the molecule is COc1ccc(C(C)(C#N)c2ccccn2)cc1. The summed E-state index contributed by atoms with van der Waals surface area (Å²) >= 11 is 0. The lowest BCUT2D eigenvalue weighted by Gasteiger charge is -2.21. The molecule has 1 aromatic carbocycles. The number of benzene rings is 1. The van der Waals surface area contributed by atoms with Crippen molar-refractivity contribution in [3.63, 3.8) is 0 Å². The molecule has 3 heteroatoms. The highest BCUT2D eigenvalue weighted by Crippen LogP contribution is 2.30. The van der Waals surface area contributed by atoms with Gasteiger partial charge < -0.3 is 4.74 Å². The van der Waals surface area contributed by atoms with Gasteiger partial charge in [-0.05, 0) is 36.8 Å². The van der Waals surface area contributed by atoms with E-state index in [4.69, 9.17) is 4.74 Å². The van der Waals surface area contributed by atoms with Gasteiger partial charge in [0.15, 0.2) is 0 Å². The van der Waals surface area contributed by atoms with E-state index in [1.807, 2.05) is 49.4 Å². The molecule has 90 valence electrons. The first-order valence-electron chi connectivity index (χ1n) is 5.68. The van der Waals surface area contributed by atoms with E-state index in [2.05, 4.69) is 11.1 Å². The predicted octanol–water partition coefficient (Wildman–Crippen LogP) is 2.92. The molecule has 0 aliphatic carbocycles. The molecule has 0 spiro atoms. The fraction of sp³-hybridized carbons (Fsp3) is 0.200. The summed E-state index contributed by atoms with van der Waals surface area (Å²) in [6.45, 7) is 1.87. The summed E-state index contributed by atoms with van der Waals surface area (Å²) < 4.78 is 5.12. The molecule has 1 aromatic heterocycles. The molecule has 0 saturated heterocycles. The van der Waals surface area contributed by atoms with Crippen LogP contribution in [0.25, 0.3) is 0 Å². The number of aromatic nitrogens is 1. The van der Waals surface area contributed by atoms with Crippen LogP contribution in [0.15, 0.2) is 48.7 Å². The van der Waals surface area contributed by atoms with Gasteiger partial charge in [0.25, 0.3) is 0 Å². The Morgan fingerprint density at radius 1 is 1.17 bits per heavy atom. The minimum absolute atomic E-state index is 0.743. The Kier molecular flexibility index (Phi) is 3.29. The van der Waals surface area contributed by atoms with Gasteiger partial charge in [0.1, 0.15) is 11.2 Å². The van der Waals surface area contributed by atoms with Crippen molar-refractivity contribution in [2.45, 2.75) is 12.3 Å². The van der Waals surface area contributed by atoms with Gasteiger partial charge in [0.2, 0.25) is 0 Å². The Hall–Kier alpha value is -2.34. The lowest BCUT2D eigenvalue weighted by atomic mass is 9.80. The maximum atomic E-state index is 9.50. The van der Waals surface area contributed by atoms with Gasteiger partial charge in [-0.15, -0.1) is 0 Å². The van der Waals surface area contributed by atoms with Gasteiger partial charge in [-0.1, -0.05) is 18.2 Å². The number of methoxy groups -OCH3 is 1. The van der Waals surface area contributed by atoms with E-state index in [9.17, 15) is 5.26 Å². The molecule has 0 saturated carbocycles. The average molecular weight is 238 g/mol. The quantitative estimate of drug-likeness (QED) is 0.825. The highest BCUT2D eigenvalue weighted by atomic mass is 16.5. The van der Waals surface area contributed by atoms with Gasteiger partial charge in [-0.2, -0.15) is 5.26 Å². The summed E-state index contributed by atoms with van der Waals surface area (Å²) in [6.07, 6.45) is 1.70. The summed E-state index contributed by atoms with van der Waals surface area (Å²) in [4.78, 5) is 4.29. The number of nitriles is 1. The Bertz CT molecular complexity index is 557. The molecule has 2 rings (SSSR count). The monoisotopic (exact) mass is 238 g/mol. The summed E-state index contributed by atoms with van der Waals surface area (Å²) in [7, 11) is 1.62. The third-order valence-corrected chi connectivity index (χ3v) is 3.07. The van der Waals surface area contributed by atoms with Crippen molar-refractivity contribution in [3.05, 3.63) is 59.9 Å². The minimum Gasteiger partial charge on any atom is -0.497 e. The Balaban J connectivity index is 2.47. The zero-order valence-electron chi connectivity index (χ0n) is 10.4. The standard InChI is InChI=1S/C15H14N2O/c1-15(11-16,14-5-3-4-10-17-14)12-6-8-13(18-2)9-7-12/h3-10H,1-2H3. The van der Waals surface area contributed by atoms with Crippen LogP contribution in [0.5, 0.6) is 5.75 Å². The molecule has 0 aliphatic heterocycles. The lowest BCUT2D eigenvalue weighted by Crippen LogP contribution is -2.22. The number of pyridine rings is 1. The second-order valence-corrected chi connectivity index (χ2v) is 4.18. The van der Waals surface area contributed by atoms with Gasteiger partial charge >= 0.3 is 0 Å². The third-order valence-electron chi connectivity index (χ3n) is 3.07. The molecule has 0 aliphatic rings. The maximum absolute atomic E-state index is 9.50. The van der Waals surface area contributed by atoms with Crippen LogP contribution in [0.4, 0.5) is 0 Å². The molecular formula is C15H14N2O. The van der Waals surface area contributed by atoms with Crippen LogP contribution in [0.2, 0.25) is 0 Å². The number of hydrogen-bond donors (Lipinski definition) is 0. The zero-order valence-corrected chi connectivity index (χ0v) is 10.4. The number of rotatable bonds is 3. The van der Waals surface area contributed by atoms with Crippen molar-refractivity contribution in [3.8, 4) is 11.8 Å². The second kappa shape index (κ2) is 4.89. The van der Waals surface area contributed by atoms with Gasteiger partial charge in [0.05, 0.1) is 18.9 Å². The molecule has 0 bridgehead atoms. The molecule has 1 atom stereocenters. The zero-order chi connectivity index (χ0) is 13.0. The van der Waals surface area contributed by atoms with Crippen molar-refractivity contribution < 1.29 is 4.74 Å². The molecule has 3 nitrogen and oxygen atoms in total. The van der Waals surface area contributed by atoms with Crippen molar-refractivity contribution in [1.82, 2.24) is 4.98 Å². The Labute approximate surface area is 107 Å². The molecule has 0 amide bonds. The lowest BCUT2D eigenvalue weighted by molar-refractivity contribution is 0.414. The van der Waals surface area contributed by atoms with Crippen molar-refractivity contribution >= 4 is 0 Å². The molecule has 1 heterocycles. The number of hydrogen-bond acceptors (Lipinski definition) is 3. The van der Waals surface area contributed by atoms with E-state index in [0.29, 0.717) is 0 Å². The summed E-state index contributed by atoms with van der Waals surface area (Å²) in [6, 6.07) is 15.5. The number of ether oxygens (including phenoxy) is 1. The summed E-state index contributed by atoms with van der Waals surface area (Å²) in [5.74, 6) is 0.778. The van der Waals surface area contributed by atoms with Crippen LogP contribution >= 0.6 is 0 Å². The highest BCUT2D eigenvalue weighted by molar-refractivity contribution is 5.43. The Morgan fingerprint density at radius 3 is 2.39 bits per heavy atom. The van der Waals surface area contributed by atoms with Gasteiger partial charge in [0, 0.05) is 6.20 Å². The first-order chi connectivity index (χ1) is 8.70. The van der Waals surface area contributed by atoms with Gasteiger partial charge in [-0.3, -0.25) is 4.98 Å². The van der Waals surface area contributed by atoms with Crippen molar-refractivity contribution in [1.29, 1.82) is 5.26 Å². The third kappa shape index (κ3) is 2.05. The molecule has 2 aromatic rings.